The molecule has 0 atom stereocenters. The van der Waals surface area contributed by atoms with Crippen molar-refractivity contribution in [2.24, 2.45) is 0 Å². The smallest absolute Gasteiger partial charge is 0.308 e. The minimum Gasteiger partial charge on any atom is -0.308 e. The summed E-state index contributed by atoms with van der Waals surface area (Å²) < 4.78 is 220. The first kappa shape index (κ1) is 54.7. The minimum atomic E-state index is -5.26. The molecule has 4 nitrogen and oxygen atoms in total. The summed E-state index contributed by atoms with van der Waals surface area (Å²) >= 11 is 0. The molecule has 0 aliphatic rings. The molecule has 11 rings (SSSR count). The largest absolute Gasteiger partial charge is 0.416 e. The van der Waals surface area contributed by atoms with Gasteiger partial charge in [0.2, 0.25) is 0 Å². The first-order valence-corrected chi connectivity index (χ1v) is 24.7. The van der Waals surface area contributed by atoms with Crippen molar-refractivity contribution in [3.05, 3.63) is 228 Å². The maximum Gasteiger partial charge on any atom is 0.416 e. The Bertz CT molecular complexity index is 4100. The van der Waals surface area contributed by atoms with E-state index in [1.54, 1.807) is 60.7 Å². The third kappa shape index (κ3) is 10.8. The van der Waals surface area contributed by atoms with E-state index in [2.05, 4.69) is 0 Å². The third-order valence-corrected chi connectivity index (χ3v) is 13.7. The first-order valence-electron chi connectivity index (χ1n) is 24.7. The monoisotopic (exact) mass is 1130 g/mol. The fraction of sp³-hybridized carbons (Fsp3) is 0.0952. The van der Waals surface area contributed by atoms with E-state index in [4.69, 9.17) is 15.0 Å². The predicted molar refractivity (Wildman–Crippen MR) is 282 cm³/mol. The molecule has 0 bridgehead atoms. The van der Waals surface area contributed by atoms with E-state index in [0.717, 1.165) is 48.5 Å². The fourth-order valence-electron chi connectivity index (χ4n) is 9.97. The summed E-state index contributed by atoms with van der Waals surface area (Å²) in [6.45, 7) is 1.43. The quantitative estimate of drug-likeness (QED) is 0.142. The van der Waals surface area contributed by atoms with Crippen LogP contribution in [0.4, 0.5) is 65.9 Å². The van der Waals surface area contributed by atoms with Crippen LogP contribution in [0, 0.1) is 6.92 Å². The molecule has 412 valence electrons. The highest BCUT2D eigenvalue weighted by molar-refractivity contribution is 6.13. The topological polar surface area (TPSA) is 43.6 Å². The van der Waals surface area contributed by atoms with Crippen LogP contribution in [0.2, 0.25) is 0 Å². The molecule has 0 N–H and O–H groups in total. The van der Waals surface area contributed by atoms with E-state index in [-0.39, 0.29) is 101 Å². The Kier molecular flexibility index (Phi) is 13.4. The van der Waals surface area contributed by atoms with Crippen LogP contribution in [0.3, 0.4) is 0 Å². The Hall–Kier alpha value is -9.26. The summed E-state index contributed by atoms with van der Waals surface area (Å²) in [5, 5.41) is 0.162. The van der Waals surface area contributed by atoms with Gasteiger partial charge in [0, 0.05) is 38.6 Å². The van der Waals surface area contributed by atoms with Gasteiger partial charge in [0.15, 0.2) is 17.5 Å². The van der Waals surface area contributed by atoms with E-state index < -0.39 is 64.3 Å². The van der Waals surface area contributed by atoms with Crippen LogP contribution >= 0.6 is 0 Å². The molecule has 0 amide bonds. The number of alkyl halides is 15. The minimum absolute atomic E-state index is 0.0414. The molecule has 0 aliphatic heterocycles. The van der Waals surface area contributed by atoms with Crippen molar-refractivity contribution >= 4 is 21.8 Å². The van der Waals surface area contributed by atoms with Gasteiger partial charge in [-0.05, 0) is 137 Å². The number of halogens is 15. The molecule has 82 heavy (non-hydrogen) atoms. The molecule has 0 saturated heterocycles. The summed E-state index contributed by atoms with van der Waals surface area (Å²) in [5.74, 6) is 0.207. The number of aryl methyl sites for hydroxylation is 1. The van der Waals surface area contributed by atoms with Crippen molar-refractivity contribution in [2.75, 3.05) is 0 Å². The summed E-state index contributed by atoms with van der Waals surface area (Å²) in [6, 6.07) is 40.6. The van der Waals surface area contributed by atoms with Crippen molar-refractivity contribution in [3.8, 4) is 84.4 Å². The van der Waals surface area contributed by atoms with E-state index in [0.29, 0.717) is 23.3 Å². The second-order valence-corrected chi connectivity index (χ2v) is 19.3. The Balaban J connectivity index is 1.29. The van der Waals surface area contributed by atoms with Crippen LogP contribution in [-0.4, -0.2) is 19.5 Å². The molecular formula is C63H35F15N4. The second kappa shape index (κ2) is 20.1. The average molecular weight is 1130 g/mol. The zero-order valence-corrected chi connectivity index (χ0v) is 41.9. The lowest BCUT2D eigenvalue weighted by atomic mass is 9.91. The van der Waals surface area contributed by atoms with Gasteiger partial charge in [-0.15, -0.1) is 0 Å². The molecule has 2 aromatic heterocycles. The van der Waals surface area contributed by atoms with Crippen molar-refractivity contribution in [1.82, 2.24) is 19.5 Å². The van der Waals surface area contributed by atoms with Crippen molar-refractivity contribution in [2.45, 2.75) is 37.8 Å². The van der Waals surface area contributed by atoms with Gasteiger partial charge in [-0.3, -0.25) is 0 Å². The SMILES string of the molecule is Cc1cc(-c2ccc3c(c2)c2cc(-c4cc(C(F)(F)F)cc(C(F)(F)F)c4)ccc2n3-c2c(-c3cccc(C(F)(F)F)c3)cc(-c3nc(-c4ccccc4)nc(-c4ccccc4)n3)cc2-c2cccc(C(F)(F)F)c2)cc(C(F)(F)F)c1. The number of hydrogen-bond acceptors (Lipinski definition) is 3. The lowest BCUT2D eigenvalue weighted by Crippen LogP contribution is -2.11. The summed E-state index contributed by atoms with van der Waals surface area (Å²) in [6.07, 6.45) is -25.2. The Labute approximate surface area is 455 Å². The van der Waals surface area contributed by atoms with Crippen LogP contribution in [0.15, 0.2) is 194 Å². The number of fused-ring (bicyclic) bond motifs is 3. The van der Waals surface area contributed by atoms with Crippen LogP contribution in [0.5, 0.6) is 0 Å². The first-order chi connectivity index (χ1) is 38.7. The van der Waals surface area contributed by atoms with Gasteiger partial charge in [-0.1, -0.05) is 103 Å². The van der Waals surface area contributed by atoms with E-state index in [9.17, 15) is 65.9 Å². The Morgan fingerprint density at radius 2 is 0.634 bits per heavy atom. The Morgan fingerprint density at radius 3 is 1.04 bits per heavy atom. The molecule has 11 aromatic rings. The van der Waals surface area contributed by atoms with Gasteiger partial charge in [0.25, 0.3) is 0 Å². The summed E-state index contributed by atoms with van der Waals surface area (Å²) in [5.41, 5.74) is -6.19. The van der Waals surface area contributed by atoms with Crippen molar-refractivity contribution in [1.29, 1.82) is 0 Å². The molecule has 0 spiro atoms. The van der Waals surface area contributed by atoms with E-state index in [1.165, 1.54) is 78.2 Å². The normalized spacial score (nSPS) is 12.6. The molecule has 0 unspecified atom stereocenters. The standard InChI is InChI=1S/C63H35F15N4/c1-34-22-41(26-46(23-34)61(70,71)72)37-18-20-53-51(29-37)52-30-38(42-27-47(62(73,74)75)33-48(28-42)63(76,77)78)19-21-54(52)82(53)55-49(39-14-8-16-44(24-39)59(64,65)66)31-43(32-50(55)40-15-9-17-45(25-40)60(67,68)69)58-80-56(35-10-4-2-5-11-35)79-57(81-58)36-12-6-3-7-13-36/h2-33H,1H3. The van der Waals surface area contributed by atoms with Gasteiger partial charge < -0.3 is 4.57 Å². The zero-order chi connectivity index (χ0) is 58.3. The highest BCUT2D eigenvalue weighted by atomic mass is 19.4. The fourth-order valence-corrected chi connectivity index (χ4v) is 9.97. The molecular weight excluding hydrogens is 1100 g/mol. The summed E-state index contributed by atoms with van der Waals surface area (Å²) in [4.78, 5) is 14.4. The number of benzene rings is 9. The van der Waals surface area contributed by atoms with Crippen molar-refractivity contribution < 1.29 is 65.9 Å². The molecule has 9 aromatic carbocycles. The molecule has 0 aliphatic carbocycles. The van der Waals surface area contributed by atoms with Crippen LogP contribution in [0.1, 0.15) is 33.4 Å². The van der Waals surface area contributed by atoms with E-state index >= 15 is 0 Å². The Morgan fingerprint density at radius 1 is 0.280 bits per heavy atom. The lowest BCUT2D eigenvalue weighted by Gasteiger charge is -2.22. The van der Waals surface area contributed by atoms with E-state index in [1.807, 2.05) is 0 Å². The molecule has 19 heteroatoms. The van der Waals surface area contributed by atoms with Crippen LogP contribution in [-0.2, 0) is 30.9 Å². The number of nitrogens with zero attached hydrogens (tertiary/aromatic N) is 4. The zero-order valence-electron chi connectivity index (χ0n) is 41.9. The lowest BCUT2D eigenvalue weighted by molar-refractivity contribution is -0.143. The molecule has 0 radical (unpaired) electrons. The average Bonchev–Trinajstić information content (AvgIpc) is 3.91. The van der Waals surface area contributed by atoms with Crippen LogP contribution < -0.4 is 0 Å². The van der Waals surface area contributed by atoms with Gasteiger partial charge in [0.05, 0.1) is 44.5 Å². The molecule has 0 saturated carbocycles. The van der Waals surface area contributed by atoms with Gasteiger partial charge in [-0.2, -0.15) is 65.9 Å². The summed E-state index contributed by atoms with van der Waals surface area (Å²) in [7, 11) is 0. The van der Waals surface area contributed by atoms with Crippen molar-refractivity contribution in [3.63, 3.8) is 0 Å². The van der Waals surface area contributed by atoms with Gasteiger partial charge in [0.1, 0.15) is 0 Å². The highest BCUT2D eigenvalue weighted by Crippen LogP contribution is 2.48. The third-order valence-electron chi connectivity index (χ3n) is 13.7. The maximum absolute atomic E-state index is 14.9. The number of rotatable bonds is 8. The van der Waals surface area contributed by atoms with Crippen LogP contribution in [0.25, 0.3) is 106 Å². The van der Waals surface area contributed by atoms with Gasteiger partial charge >= 0.3 is 30.9 Å². The number of hydrogen-bond donors (Lipinski definition) is 0. The number of aromatic nitrogens is 4. The molecule has 0 fully saturated rings. The maximum atomic E-state index is 14.9. The second-order valence-electron chi connectivity index (χ2n) is 19.3. The van der Waals surface area contributed by atoms with Gasteiger partial charge in [-0.25, -0.2) is 15.0 Å². The predicted octanol–water partition coefficient (Wildman–Crippen LogP) is 20.0. The highest BCUT2D eigenvalue weighted by Gasteiger charge is 2.38. The molecule has 2 heterocycles.